The van der Waals surface area contributed by atoms with Crippen LogP contribution in [0.15, 0.2) is 71.7 Å². The van der Waals surface area contributed by atoms with E-state index in [1.165, 1.54) is 28.7 Å². The zero-order valence-electron chi connectivity index (χ0n) is 17.9. The Hall–Kier alpha value is -3.23. The predicted octanol–water partition coefficient (Wildman–Crippen LogP) is 5.60. The molecule has 8 heteroatoms. The summed E-state index contributed by atoms with van der Waals surface area (Å²) in [5.74, 6) is 0.840. The van der Waals surface area contributed by atoms with E-state index in [9.17, 15) is 4.79 Å². The van der Waals surface area contributed by atoms with Gasteiger partial charge in [-0.25, -0.2) is 4.98 Å². The summed E-state index contributed by atoms with van der Waals surface area (Å²) < 4.78 is 1.97. The lowest BCUT2D eigenvalue weighted by Crippen LogP contribution is -2.14. The van der Waals surface area contributed by atoms with Crippen molar-refractivity contribution < 1.29 is 4.79 Å². The highest BCUT2D eigenvalue weighted by Gasteiger charge is 2.16. The fourth-order valence-electron chi connectivity index (χ4n) is 3.16. The summed E-state index contributed by atoms with van der Waals surface area (Å²) in [6, 6.07) is 16.3. The van der Waals surface area contributed by atoms with Gasteiger partial charge in [0.1, 0.15) is 0 Å². The molecule has 0 bridgehead atoms. The number of thiazole rings is 1. The molecule has 2 aromatic heterocycles. The molecule has 4 aromatic rings. The smallest absolute Gasteiger partial charge is 0.236 e. The first-order valence-corrected chi connectivity index (χ1v) is 12.0. The maximum absolute atomic E-state index is 12.5. The second kappa shape index (κ2) is 9.93. The van der Waals surface area contributed by atoms with E-state index in [1.54, 1.807) is 6.08 Å². The molecule has 32 heavy (non-hydrogen) atoms. The summed E-state index contributed by atoms with van der Waals surface area (Å²) in [4.78, 5) is 17.1. The van der Waals surface area contributed by atoms with E-state index >= 15 is 0 Å². The Labute approximate surface area is 195 Å². The van der Waals surface area contributed by atoms with Crippen LogP contribution in [0.4, 0.5) is 5.13 Å². The van der Waals surface area contributed by atoms with Crippen molar-refractivity contribution in [2.45, 2.75) is 25.5 Å². The Morgan fingerprint density at radius 3 is 2.69 bits per heavy atom. The van der Waals surface area contributed by atoms with Crippen LogP contribution in [-0.4, -0.2) is 31.4 Å². The molecule has 0 aliphatic heterocycles. The average Bonchev–Trinajstić information content (AvgIpc) is 3.40. The van der Waals surface area contributed by atoms with E-state index in [2.05, 4.69) is 33.1 Å². The number of rotatable bonds is 8. The molecule has 0 unspecified atom stereocenters. The molecule has 0 radical (unpaired) electrons. The summed E-state index contributed by atoms with van der Waals surface area (Å²) >= 11 is 2.76. The molecule has 2 heterocycles. The second-order valence-corrected chi connectivity index (χ2v) is 9.12. The number of carbonyl (C=O) groups is 1. The highest BCUT2D eigenvalue weighted by Crippen LogP contribution is 2.27. The van der Waals surface area contributed by atoms with Crippen molar-refractivity contribution in [2.24, 2.45) is 0 Å². The Balaban J connectivity index is 1.42. The Morgan fingerprint density at radius 1 is 1.12 bits per heavy atom. The third-order valence-electron chi connectivity index (χ3n) is 4.74. The number of aryl methyl sites for hydroxylation is 2. The molecular formula is C24H23N5OS2. The van der Waals surface area contributed by atoms with Crippen molar-refractivity contribution in [3.05, 3.63) is 77.7 Å². The lowest BCUT2D eigenvalue weighted by atomic mass is 10.1. The van der Waals surface area contributed by atoms with Crippen LogP contribution in [0.1, 0.15) is 11.1 Å². The molecule has 0 fully saturated rings. The monoisotopic (exact) mass is 461 g/mol. The number of amides is 1. The maximum atomic E-state index is 12.5. The van der Waals surface area contributed by atoms with Crippen molar-refractivity contribution in [3.63, 3.8) is 0 Å². The molecule has 0 saturated heterocycles. The normalized spacial score (nSPS) is 10.8. The minimum atomic E-state index is -0.134. The van der Waals surface area contributed by atoms with Crippen molar-refractivity contribution in [1.29, 1.82) is 0 Å². The highest BCUT2D eigenvalue weighted by molar-refractivity contribution is 7.99. The number of hydrogen-bond donors (Lipinski definition) is 1. The third-order valence-corrected chi connectivity index (χ3v) is 6.46. The Morgan fingerprint density at radius 2 is 1.94 bits per heavy atom. The molecule has 0 saturated carbocycles. The zero-order chi connectivity index (χ0) is 22.5. The largest absolute Gasteiger partial charge is 0.301 e. The van der Waals surface area contributed by atoms with Crippen molar-refractivity contribution >= 4 is 34.1 Å². The van der Waals surface area contributed by atoms with Gasteiger partial charge in [0.2, 0.25) is 5.91 Å². The number of nitrogens with one attached hydrogen (secondary N) is 1. The zero-order valence-corrected chi connectivity index (χ0v) is 19.5. The van der Waals surface area contributed by atoms with E-state index in [0.717, 1.165) is 28.2 Å². The summed E-state index contributed by atoms with van der Waals surface area (Å²) in [7, 11) is 0. The van der Waals surface area contributed by atoms with Gasteiger partial charge in [-0.05, 0) is 19.9 Å². The van der Waals surface area contributed by atoms with Gasteiger partial charge in [0.15, 0.2) is 16.1 Å². The maximum Gasteiger partial charge on any atom is 0.236 e. The van der Waals surface area contributed by atoms with E-state index in [-0.39, 0.29) is 11.7 Å². The van der Waals surface area contributed by atoms with Gasteiger partial charge in [-0.15, -0.1) is 28.1 Å². The third kappa shape index (κ3) is 5.15. The Kier molecular flexibility index (Phi) is 6.82. The van der Waals surface area contributed by atoms with E-state index in [4.69, 9.17) is 0 Å². The molecule has 0 aliphatic carbocycles. The van der Waals surface area contributed by atoms with Crippen LogP contribution in [0.5, 0.6) is 0 Å². The van der Waals surface area contributed by atoms with Gasteiger partial charge >= 0.3 is 0 Å². The van der Waals surface area contributed by atoms with E-state index < -0.39 is 0 Å². The minimum absolute atomic E-state index is 0.134. The number of anilines is 1. The number of aromatic nitrogens is 4. The van der Waals surface area contributed by atoms with E-state index in [1.807, 2.05) is 66.3 Å². The lowest BCUT2D eigenvalue weighted by Gasteiger charge is -2.08. The number of nitrogens with zero attached hydrogens (tertiary/aromatic N) is 4. The minimum Gasteiger partial charge on any atom is -0.301 e. The van der Waals surface area contributed by atoms with Gasteiger partial charge in [-0.1, -0.05) is 71.4 Å². The van der Waals surface area contributed by atoms with Crippen molar-refractivity contribution in [3.8, 4) is 22.6 Å². The number of hydrogen-bond acceptors (Lipinski definition) is 6. The standard InChI is InChI=1S/C24H23N5OS2/c1-4-12-29-22(19-7-5-6-17(3)13-19)27-28-24(29)32-15-21(30)26-23-25-20(14-31-23)18-10-8-16(2)9-11-18/h4-11,13-14H,1,12,15H2,2-3H3,(H,25,26,30). The van der Waals surface area contributed by atoms with Crippen LogP contribution in [0.2, 0.25) is 0 Å². The van der Waals surface area contributed by atoms with Gasteiger partial charge in [0, 0.05) is 23.1 Å². The van der Waals surface area contributed by atoms with E-state index in [0.29, 0.717) is 16.8 Å². The molecule has 0 atom stereocenters. The summed E-state index contributed by atoms with van der Waals surface area (Å²) in [6.07, 6.45) is 1.80. The van der Waals surface area contributed by atoms with Crippen LogP contribution in [-0.2, 0) is 11.3 Å². The lowest BCUT2D eigenvalue weighted by molar-refractivity contribution is -0.113. The molecule has 162 valence electrons. The quantitative estimate of drug-likeness (QED) is 0.273. The van der Waals surface area contributed by atoms with Crippen LogP contribution in [0.25, 0.3) is 22.6 Å². The molecule has 6 nitrogen and oxygen atoms in total. The molecule has 0 aliphatic rings. The molecule has 0 spiro atoms. The molecule has 1 amide bonds. The molecule has 1 N–H and O–H groups in total. The van der Waals surface area contributed by atoms with Gasteiger partial charge in [-0.3, -0.25) is 9.36 Å². The highest BCUT2D eigenvalue weighted by atomic mass is 32.2. The van der Waals surface area contributed by atoms with Gasteiger partial charge in [0.05, 0.1) is 11.4 Å². The summed E-state index contributed by atoms with van der Waals surface area (Å²) in [6.45, 7) is 8.49. The number of carbonyl (C=O) groups excluding carboxylic acids is 1. The van der Waals surface area contributed by atoms with Crippen molar-refractivity contribution in [1.82, 2.24) is 19.7 Å². The fourth-order valence-corrected chi connectivity index (χ4v) is 4.64. The first kappa shape index (κ1) is 22.0. The van der Waals surface area contributed by atoms with Gasteiger partial charge < -0.3 is 5.32 Å². The second-order valence-electron chi connectivity index (χ2n) is 7.32. The molecule has 4 rings (SSSR count). The van der Waals surface area contributed by atoms with Crippen molar-refractivity contribution in [2.75, 3.05) is 11.1 Å². The van der Waals surface area contributed by atoms with Crippen LogP contribution < -0.4 is 5.32 Å². The summed E-state index contributed by atoms with van der Waals surface area (Å²) in [5.41, 5.74) is 5.22. The van der Waals surface area contributed by atoms with Crippen LogP contribution >= 0.6 is 23.1 Å². The molecule has 2 aromatic carbocycles. The number of thioether (sulfide) groups is 1. The number of allylic oxidation sites excluding steroid dienone is 1. The predicted molar refractivity (Wildman–Crippen MR) is 132 cm³/mol. The SMILES string of the molecule is C=CCn1c(SCC(=O)Nc2nc(-c3ccc(C)cc3)cs2)nnc1-c1cccc(C)c1. The van der Waals surface area contributed by atoms with Gasteiger partial charge in [0.25, 0.3) is 0 Å². The van der Waals surface area contributed by atoms with Gasteiger partial charge in [-0.2, -0.15) is 0 Å². The van der Waals surface area contributed by atoms with Crippen LogP contribution in [0, 0.1) is 13.8 Å². The molecular weight excluding hydrogens is 438 g/mol. The first-order chi connectivity index (χ1) is 15.5. The average molecular weight is 462 g/mol. The Bertz CT molecular complexity index is 1240. The van der Waals surface area contributed by atoms with Crippen LogP contribution in [0.3, 0.4) is 0 Å². The fraction of sp³-hybridized carbons (Fsp3) is 0.167. The summed E-state index contributed by atoms with van der Waals surface area (Å²) in [5, 5.41) is 14.7. The number of benzene rings is 2. The topological polar surface area (TPSA) is 72.7 Å². The first-order valence-electron chi connectivity index (χ1n) is 10.1.